The van der Waals surface area contributed by atoms with E-state index in [1.54, 1.807) is 0 Å². The van der Waals surface area contributed by atoms with E-state index in [0.717, 1.165) is 29.7 Å². The van der Waals surface area contributed by atoms with Gasteiger partial charge >= 0.3 is 0 Å². The van der Waals surface area contributed by atoms with E-state index in [4.69, 9.17) is 0 Å². The number of hydrogen-bond donors (Lipinski definition) is 2. The average Bonchev–Trinajstić information content (AvgIpc) is 2.66. The summed E-state index contributed by atoms with van der Waals surface area (Å²) in [6, 6.07) is 7.65. The molecule has 0 aromatic heterocycles. The predicted octanol–water partition coefficient (Wildman–Crippen LogP) is 2.81. The quantitative estimate of drug-likeness (QED) is 0.880. The van der Waals surface area contributed by atoms with E-state index in [9.17, 15) is 4.79 Å². The average molecular weight is 320 g/mol. The number of amides is 1. The number of rotatable bonds is 2. The smallest absolute Gasteiger partial charge is 0.231 e. The molecule has 0 bridgehead atoms. The Hall–Kier alpha value is -0.580. The summed E-state index contributed by atoms with van der Waals surface area (Å²) in [6.07, 6.45) is 0.896. The monoisotopic (exact) mass is 318 g/mol. The number of halogens is 2. The number of anilines is 1. The molecule has 1 aliphatic heterocycles. The van der Waals surface area contributed by atoms with Crippen LogP contribution in [0.5, 0.6) is 0 Å². The number of benzene rings is 1. The minimum atomic E-state index is -0.275. The molecule has 1 unspecified atom stereocenters. The minimum Gasteiger partial charge on any atom is -0.326 e. The van der Waals surface area contributed by atoms with Gasteiger partial charge in [0.2, 0.25) is 5.91 Å². The van der Waals surface area contributed by atoms with Crippen molar-refractivity contribution >= 4 is 39.9 Å². The van der Waals surface area contributed by atoms with Crippen LogP contribution >= 0.6 is 28.3 Å². The summed E-state index contributed by atoms with van der Waals surface area (Å²) in [7, 11) is 0. The van der Waals surface area contributed by atoms with Gasteiger partial charge in [-0.05, 0) is 38.1 Å². The summed E-state index contributed by atoms with van der Waals surface area (Å²) in [4.78, 5) is 12.1. The zero-order valence-corrected chi connectivity index (χ0v) is 12.0. The Morgan fingerprint density at radius 2 is 2.29 bits per heavy atom. The highest BCUT2D eigenvalue weighted by Gasteiger charge is 2.36. The van der Waals surface area contributed by atoms with Crippen LogP contribution in [0.25, 0.3) is 0 Å². The molecular weight excluding hydrogens is 304 g/mol. The largest absolute Gasteiger partial charge is 0.326 e. The van der Waals surface area contributed by atoms with Crippen LogP contribution in [0.2, 0.25) is 0 Å². The topological polar surface area (TPSA) is 41.1 Å². The maximum atomic E-state index is 12.1. The van der Waals surface area contributed by atoms with Gasteiger partial charge in [-0.15, -0.1) is 12.4 Å². The standard InChI is InChI=1S/C12H15BrN2O.ClH/c1-12(5-6-14-8-12)11(16)15-10-4-2-3-9(13)7-10;/h2-4,7,14H,5-6,8H2,1H3,(H,15,16);1H. The molecule has 0 aliphatic carbocycles. The molecule has 1 amide bonds. The Morgan fingerprint density at radius 3 is 2.88 bits per heavy atom. The molecule has 1 aromatic rings. The Kier molecular flexibility index (Phi) is 4.98. The molecule has 17 heavy (non-hydrogen) atoms. The first-order chi connectivity index (χ1) is 7.60. The number of nitrogens with one attached hydrogen (secondary N) is 2. The molecule has 2 rings (SSSR count). The molecule has 1 aromatic carbocycles. The number of carbonyl (C=O) groups is 1. The lowest BCUT2D eigenvalue weighted by Crippen LogP contribution is -2.35. The molecule has 2 N–H and O–H groups in total. The van der Waals surface area contributed by atoms with Crippen LogP contribution in [0.3, 0.4) is 0 Å². The summed E-state index contributed by atoms with van der Waals surface area (Å²) >= 11 is 3.39. The highest BCUT2D eigenvalue weighted by atomic mass is 79.9. The first-order valence-corrected chi connectivity index (χ1v) is 6.17. The van der Waals surface area contributed by atoms with Crippen LogP contribution in [0, 0.1) is 5.41 Å². The molecule has 1 aliphatic rings. The second-order valence-electron chi connectivity index (χ2n) is 4.45. The second kappa shape index (κ2) is 5.85. The van der Waals surface area contributed by atoms with Gasteiger partial charge in [-0.25, -0.2) is 0 Å². The maximum absolute atomic E-state index is 12.1. The van der Waals surface area contributed by atoms with Crippen molar-refractivity contribution in [3.05, 3.63) is 28.7 Å². The molecule has 1 atom stereocenters. The van der Waals surface area contributed by atoms with Crippen LogP contribution in [0.1, 0.15) is 13.3 Å². The van der Waals surface area contributed by atoms with Crippen molar-refractivity contribution in [2.45, 2.75) is 13.3 Å². The molecule has 1 fully saturated rings. The lowest BCUT2D eigenvalue weighted by atomic mass is 9.89. The third-order valence-corrected chi connectivity index (χ3v) is 3.49. The summed E-state index contributed by atoms with van der Waals surface area (Å²) in [5, 5.41) is 6.18. The molecule has 0 spiro atoms. The van der Waals surface area contributed by atoms with Crippen molar-refractivity contribution in [3.8, 4) is 0 Å². The molecule has 0 radical (unpaired) electrons. The van der Waals surface area contributed by atoms with E-state index >= 15 is 0 Å². The molecule has 0 saturated carbocycles. The van der Waals surface area contributed by atoms with E-state index in [0.29, 0.717) is 0 Å². The summed E-state index contributed by atoms with van der Waals surface area (Å²) in [5.41, 5.74) is 0.565. The van der Waals surface area contributed by atoms with E-state index in [1.807, 2.05) is 31.2 Å². The zero-order valence-electron chi connectivity index (χ0n) is 9.63. The van der Waals surface area contributed by atoms with E-state index in [-0.39, 0.29) is 23.7 Å². The lowest BCUT2D eigenvalue weighted by molar-refractivity contribution is -0.123. The first kappa shape index (κ1) is 14.5. The maximum Gasteiger partial charge on any atom is 0.231 e. The Balaban J connectivity index is 0.00000144. The normalized spacial score (nSPS) is 22.9. The van der Waals surface area contributed by atoms with Crippen molar-refractivity contribution < 1.29 is 4.79 Å². The van der Waals surface area contributed by atoms with Crippen LogP contribution < -0.4 is 10.6 Å². The van der Waals surface area contributed by atoms with Gasteiger partial charge in [-0.3, -0.25) is 4.79 Å². The van der Waals surface area contributed by atoms with Crippen molar-refractivity contribution in [1.29, 1.82) is 0 Å². The van der Waals surface area contributed by atoms with Crippen molar-refractivity contribution in [3.63, 3.8) is 0 Å². The van der Waals surface area contributed by atoms with Crippen molar-refractivity contribution in [2.24, 2.45) is 5.41 Å². The number of carbonyl (C=O) groups excluding carboxylic acids is 1. The van der Waals surface area contributed by atoms with Gasteiger partial charge < -0.3 is 10.6 Å². The van der Waals surface area contributed by atoms with Gasteiger partial charge in [0.05, 0.1) is 5.41 Å². The van der Waals surface area contributed by atoms with Gasteiger partial charge in [0.15, 0.2) is 0 Å². The van der Waals surface area contributed by atoms with Gasteiger partial charge in [-0.1, -0.05) is 22.0 Å². The van der Waals surface area contributed by atoms with Gasteiger partial charge in [0, 0.05) is 16.7 Å². The second-order valence-corrected chi connectivity index (χ2v) is 5.37. The SMILES string of the molecule is CC1(C(=O)Nc2cccc(Br)c2)CCNC1.Cl. The summed E-state index contributed by atoms with van der Waals surface area (Å²) < 4.78 is 0.972. The Bertz CT molecular complexity index is 405. The van der Waals surface area contributed by atoms with E-state index in [1.165, 1.54) is 0 Å². The fourth-order valence-corrected chi connectivity index (χ4v) is 2.26. The predicted molar refractivity (Wildman–Crippen MR) is 75.6 cm³/mol. The minimum absolute atomic E-state index is 0. The summed E-state index contributed by atoms with van der Waals surface area (Å²) in [5.74, 6) is 0.0931. The van der Waals surface area contributed by atoms with Gasteiger partial charge in [0.1, 0.15) is 0 Å². The molecule has 1 saturated heterocycles. The van der Waals surface area contributed by atoms with Crippen LogP contribution in [-0.2, 0) is 4.79 Å². The van der Waals surface area contributed by atoms with Gasteiger partial charge in [0.25, 0.3) is 0 Å². The highest BCUT2D eigenvalue weighted by molar-refractivity contribution is 9.10. The van der Waals surface area contributed by atoms with Crippen LogP contribution in [0.4, 0.5) is 5.69 Å². The van der Waals surface area contributed by atoms with E-state index in [2.05, 4.69) is 26.6 Å². The first-order valence-electron chi connectivity index (χ1n) is 5.38. The third-order valence-electron chi connectivity index (χ3n) is 3.00. The van der Waals surface area contributed by atoms with E-state index < -0.39 is 0 Å². The van der Waals surface area contributed by atoms with Crippen LogP contribution in [-0.4, -0.2) is 19.0 Å². The van der Waals surface area contributed by atoms with Crippen LogP contribution in [0.15, 0.2) is 28.7 Å². The zero-order chi connectivity index (χ0) is 11.6. The van der Waals surface area contributed by atoms with Crippen molar-refractivity contribution in [1.82, 2.24) is 5.32 Å². The van der Waals surface area contributed by atoms with Crippen molar-refractivity contribution in [2.75, 3.05) is 18.4 Å². The Morgan fingerprint density at radius 1 is 1.53 bits per heavy atom. The fraction of sp³-hybridized carbons (Fsp3) is 0.417. The Labute approximate surface area is 116 Å². The molecule has 5 heteroatoms. The lowest BCUT2D eigenvalue weighted by Gasteiger charge is -2.21. The molecule has 94 valence electrons. The highest BCUT2D eigenvalue weighted by Crippen LogP contribution is 2.26. The third kappa shape index (κ3) is 3.44. The molecule has 3 nitrogen and oxygen atoms in total. The molecular formula is C12H16BrClN2O. The molecule has 1 heterocycles. The van der Waals surface area contributed by atoms with Gasteiger partial charge in [-0.2, -0.15) is 0 Å². The fourth-order valence-electron chi connectivity index (χ4n) is 1.86. The number of hydrogen-bond acceptors (Lipinski definition) is 2. The summed E-state index contributed by atoms with van der Waals surface area (Å²) in [6.45, 7) is 3.68.